The highest BCUT2D eigenvalue weighted by atomic mass is 16.3. The Morgan fingerprint density at radius 3 is 2.47 bits per heavy atom. The first-order valence-electron chi connectivity index (χ1n) is 6.35. The third kappa shape index (κ3) is 3.50. The first kappa shape index (κ1) is 12.5. The SMILES string of the molecule is CCCCCC(C#N)C1(O)CCCCC1. The summed E-state index contributed by atoms with van der Waals surface area (Å²) in [5.41, 5.74) is -0.666. The molecule has 2 heteroatoms. The van der Waals surface area contributed by atoms with Crippen LogP contribution in [-0.4, -0.2) is 10.7 Å². The first-order chi connectivity index (χ1) is 7.23. The maximum atomic E-state index is 10.4. The Morgan fingerprint density at radius 1 is 1.27 bits per heavy atom. The predicted molar refractivity (Wildman–Crippen MR) is 61.3 cm³/mol. The standard InChI is InChI=1S/C13H23NO/c1-2-3-5-8-12(11-14)13(15)9-6-4-7-10-13/h12,15H,2-10H2,1H3. The Labute approximate surface area is 93.3 Å². The summed E-state index contributed by atoms with van der Waals surface area (Å²) < 4.78 is 0. The summed E-state index contributed by atoms with van der Waals surface area (Å²) in [5.74, 6) is -0.135. The van der Waals surface area contributed by atoms with Crippen molar-refractivity contribution in [2.75, 3.05) is 0 Å². The van der Waals surface area contributed by atoms with E-state index in [1.165, 1.54) is 19.3 Å². The Balaban J connectivity index is 2.45. The molecule has 0 spiro atoms. The van der Waals surface area contributed by atoms with Crippen LogP contribution in [0.2, 0.25) is 0 Å². The topological polar surface area (TPSA) is 44.0 Å². The fourth-order valence-corrected chi connectivity index (χ4v) is 2.56. The molecule has 0 aliphatic heterocycles. The molecule has 1 unspecified atom stereocenters. The Kier molecular flexibility index (Phi) is 5.11. The van der Waals surface area contributed by atoms with Crippen LogP contribution in [0.1, 0.15) is 64.7 Å². The van der Waals surface area contributed by atoms with Crippen molar-refractivity contribution in [1.29, 1.82) is 5.26 Å². The molecule has 15 heavy (non-hydrogen) atoms. The minimum absolute atomic E-state index is 0.135. The van der Waals surface area contributed by atoms with Gasteiger partial charge in [0, 0.05) is 0 Å². The van der Waals surface area contributed by atoms with Crippen molar-refractivity contribution in [3.05, 3.63) is 0 Å². The van der Waals surface area contributed by atoms with Crippen molar-refractivity contribution in [3.63, 3.8) is 0 Å². The average Bonchev–Trinajstić information content (AvgIpc) is 2.25. The molecule has 0 bridgehead atoms. The van der Waals surface area contributed by atoms with Gasteiger partial charge in [-0.2, -0.15) is 5.26 Å². The monoisotopic (exact) mass is 209 g/mol. The molecule has 0 heterocycles. The van der Waals surface area contributed by atoms with Crippen LogP contribution < -0.4 is 0 Å². The largest absolute Gasteiger partial charge is 0.389 e. The zero-order chi connectivity index (χ0) is 11.1. The van der Waals surface area contributed by atoms with Crippen LogP contribution in [0.3, 0.4) is 0 Å². The molecule has 0 saturated heterocycles. The molecule has 0 aromatic carbocycles. The van der Waals surface area contributed by atoms with Gasteiger partial charge in [-0.15, -0.1) is 0 Å². The number of nitriles is 1. The number of rotatable bonds is 5. The highest BCUT2D eigenvalue weighted by molar-refractivity contribution is 4.99. The summed E-state index contributed by atoms with van der Waals surface area (Å²) in [6.45, 7) is 2.16. The molecule has 1 aliphatic carbocycles. The minimum Gasteiger partial charge on any atom is -0.389 e. The quantitative estimate of drug-likeness (QED) is 0.705. The molecule has 2 nitrogen and oxygen atoms in total. The molecular formula is C13H23NO. The molecule has 1 N–H and O–H groups in total. The zero-order valence-electron chi connectivity index (χ0n) is 9.84. The smallest absolute Gasteiger partial charge is 0.0805 e. The normalized spacial score (nSPS) is 21.9. The predicted octanol–water partition coefficient (Wildman–Crippen LogP) is 3.40. The maximum absolute atomic E-state index is 10.4. The van der Waals surface area contributed by atoms with Crippen LogP contribution in [0.25, 0.3) is 0 Å². The van der Waals surface area contributed by atoms with E-state index in [2.05, 4.69) is 13.0 Å². The lowest BCUT2D eigenvalue weighted by Crippen LogP contribution is -2.39. The van der Waals surface area contributed by atoms with Gasteiger partial charge < -0.3 is 5.11 Å². The molecule has 1 saturated carbocycles. The summed E-state index contributed by atoms with van der Waals surface area (Å²) in [4.78, 5) is 0. The Morgan fingerprint density at radius 2 is 1.93 bits per heavy atom. The lowest BCUT2D eigenvalue weighted by atomic mass is 9.74. The van der Waals surface area contributed by atoms with Gasteiger partial charge in [0.1, 0.15) is 0 Å². The molecule has 86 valence electrons. The van der Waals surface area contributed by atoms with Gasteiger partial charge in [-0.25, -0.2) is 0 Å². The lowest BCUT2D eigenvalue weighted by molar-refractivity contribution is -0.0335. The van der Waals surface area contributed by atoms with Crippen LogP contribution in [0.5, 0.6) is 0 Å². The van der Waals surface area contributed by atoms with Crippen molar-refractivity contribution in [3.8, 4) is 6.07 Å². The van der Waals surface area contributed by atoms with Crippen molar-refractivity contribution < 1.29 is 5.11 Å². The molecule has 1 aliphatic rings. The second-order valence-electron chi connectivity index (χ2n) is 4.84. The Hall–Kier alpha value is -0.550. The van der Waals surface area contributed by atoms with Gasteiger partial charge in [-0.3, -0.25) is 0 Å². The van der Waals surface area contributed by atoms with Gasteiger partial charge >= 0.3 is 0 Å². The van der Waals surface area contributed by atoms with Crippen molar-refractivity contribution in [1.82, 2.24) is 0 Å². The van der Waals surface area contributed by atoms with Crippen LogP contribution in [0.4, 0.5) is 0 Å². The van der Waals surface area contributed by atoms with E-state index in [1.54, 1.807) is 0 Å². The van der Waals surface area contributed by atoms with E-state index in [0.717, 1.165) is 38.5 Å². The summed E-state index contributed by atoms with van der Waals surface area (Å²) >= 11 is 0. The van der Waals surface area contributed by atoms with Crippen LogP contribution in [0, 0.1) is 17.2 Å². The third-order valence-electron chi connectivity index (χ3n) is 3.62. The fourth-order valence-electron chi connectivity index (χ4n) is 2.56. The number of unbranched alkanes of at least 4 members (excludes halogenated alkanes) is 2. The summed E-state index contributed by atoms with van der Waals surface area (Å²) in [7, 11) is 0. The zero-order valence-corrected chi connectivity index (χ0v) is 9.84. The second kappa shape index (κ2) is 6.12. The molecule has 1 fully saturated rings. The van der Waals surface area contributed by atoms with E-state index in [0.29, 0.717) is 0 Å². The highest BCUT2D eigenvalue weighted by Crippen LogP contribution is 2.36. The lowest BCUT2D eigenvalue weighted by Gasteiger charge is -2.35. The summed E-state index contributed by atoms with van der Waals surface area (Å²) in [6.07, 6.45) is 9.36. The molecule has 0 aromatic rings. The van der Waals surface area contributed by atoms with E-state index in [4.69, 9.17) is 5.26 Å². The fraction of sp³-hybridized carbons (Fsp3) is 0.923. The van der Waals surface area contributed by atoms with Gasteiger partial charge in [0.2, 0.25) is 0 Å². The van der Waals surface area contributed by atoms with Crippen LogP contribution in [-0.2, 0) is 0 Å². The number of hydrogen-bond donors (Lipinski definition) is 1. The second-order valence-corrected chi connectivity index (χ2v) is 4.84. The van der Waals surface area contributed by atoms with Gasteiger partial charge in [-0.1, -0.05) is 45.4 Å². The van der Waals surface area contributed by atoms with Gasteiger partial charge in [0.25, 0.3) is 0 Å². The molecule has 0 radical (unpaired) electrons. The highest BCUT2D eigenvalue weighted by Gasteiger charge is 2.37. The van der Waals surface area contributed by atoms with E-state index in [1.807, 2.05) is 0 Å². The van der Waals surface area contributed by atoms with Crippen molar-refractivity contribution in [2.45, 2.75) is 70.3 Å². The average molecular weight is 209 g/mol. The third-order valence-corrected chi connectivity index (χ3v) is 3.62. The van der Waals surface area contributed by atoms with Gasteiger partial charge in [0.05, 0.1) is 17.6 Å². The minimum atomic E-state index is -0.666. The molecule has 0 amide bonds. The molecule has 1 rings (SSSR count). The molecule has 0 aromatic heterocycles. The van der Waals surface area contributed by atoms with E-state index >= 15 is 0 Å². The van der Waals surface area contributed by atoms with E-state index in [9.17, 15) is 5.11 Å². The first-order valence-corrected chi connectivity index (χ1v) is 6.35. The van der Waals surface area contributed by atoms with Crippen molar-refractivity contribution in [2.24, 2.45) is 5.92 Å². The van der Waals surface area contributed by atoms with Gasteiger partial charge in [-0.05, 0) is 19.3 Å². The molecular weight excluding hydrogens is 186 g/mol. The van der Waals surface area contributed by atoms with Crippen LogP contribution in [0.15, 0.2) is 0 Å². The summed E-state index contributed by atoms with van der Waals surface area (Å²) in [6, 6.07) is 2.32. The number of aliphatic hydroxyl groups is 1. The van der Waals surface area contributed by atoms with E-state index in [-0.39, 0.29) is 5.92 Å². The summed E-state index contributed by atoms with van der Waals surface area (Å²) in [5, 5.41) is 19.5. The Bertz CT molecular complexity index is 213. The molecule has 1 atom stereocenters. The van der Waals surface area contributed by atoms with Crippen LogP contribution >= 0.6 is 0 Å². The number of nitrogens with zero attached hydrogens (tertiary/aromatic N) is 1. The number of hydrogen-bond acceptors (Lipinski definition) is 2. The van der Waals surface area contributed by atoms with Gasteiger partial charge in [0.15, 0.2) is 0 Å². The van der Waals surface area contributed by atoms with Crippen molar-refractivity contribution >= 4 is 0 Å². The maximum Gasteiger partial charge on any atom is 0.0805 e. The van der Waals surface area contributed by atoms with E-state index < -0.39 is 5.60 Å².